The zero-order chi connectivity index (χ0) is 24.7. The van der Waals surface area contributed by atoms with Crippen LogP contribution in [0.4, 0.5) is 0 Å². The smallest absolute Gasteiger partial charge is 0.328 e. The number of allylic oxidation sites excluding steroid dienone is 2. The molecule has 2 aromatic carbocycles. The largest absolute Gasteiger partial charge is 0.480 e. The first-order valence-electron chi connectivity index (χ1n) is 10.9. The highest BCUT2D eigenvalue weighted by Crippen LogP contribution is 2.12. The van der Waals surface area contributed by atoms with Crippen molar-refractivity contribution in [2.75, 3.05) is 0 Å². The fourth-order valence-electron chi connectivity index (χ4n) is 3.23. The van der Waals surface area contributed by atoms with Crippen molar-refractivity contribution < 1.29 is 19.5 Å². The van der Waals surface area contributed by atoms with E-state index in [9.17, 15) is 19.5 Å². The highest BCUT2D eigenvalue weighted by atomic mass is 16.4. The Morgan fingerprint density at radius 2 is 1.71 bits per heavy atom. The van der Waals surface area contributed by atoms with Crippen LogP contribution in [-0.4, -0.2) is 32.9 Å². The van der Waals surface area contributed by atoms with Crippen LogP contribution in [0.15, 0.2) is 79.0 Å². The Bertz CT molecular complexity index is 1250. The third kappa shape index (κ3) is 6.42. The third-order valence-corrected chi connectivity index (χ3v) is 5.31. The molecule has 174 valence electrons. The van der Waals surface area contributed by atoms with E-state index in [1.165, 1.54) is 19.4 Å². The Morgan fingerprint density at radius 3 is 2.41 bits per heavy atom. The molecule has 0 aliphatic rings. The molecule has 3 aromatic rings. The number of carbonyl (C=O) groups excluding carboxylic acids is 2. The lowest BCUT2D eigenvalue weighted by Gasteiger charge is -2.21. The van der Waals surface area contributed by atoms with Crippen LogP contribution in [0.25, 0.3) is 12.2 Å². The number of aromatic nitrogens is 1. The van der Waals surface area contributed by atoms with Crippen molar-refractivity contribution in [1.82, 2.24) is 9.88 Å². The molecule has 1 amide bonds. The summed E-state index contributed by atoms with van der Waals surface area (Å²) in [7, 11) is 0. The highest BCUT2D eigenvalue weighted by molar-refractivity contribution is 6.05. The van der Waals surface area contributed by atoms with E-state index in [0.717, 1.165) is 11.1 Å². The number of benzene rings is 2. The van der Waals surface area contributed by atoms with E-state index in [-0.39, 0.29) is 5.78 Å². The number of amides is 1. The van der Waals surface area contributed by atoms with E-state index in [4.69, 9.17) is 0 Å². The second-order valence-corrected chi connectivity index (χ2v) is 8.57. The van der Waals surface area contributed by atoms with Crippen LogP contribution in [-0.2, 0) is 11.3 Å². The van der Waals surface area contributed by atoms with E-state index < -0.39 is 17.4 Å². The standard InChI is InChI=1S/C28H28N2O4/c1-20-11-13-21(14-12-20)15-16-25(31)24-10-6-18-30(24)17-5-8-22-7-4-9-23(19-22)26(32)29-28(2,3)27(33)34/h4-16,18-19H,17H2,1-3H3,(H,29,32)(H,33,34)/b8-5+,16-15+. The number of carbonyl (C=O) groups is 3. The molecule has 0 spiro atoms. The maximum atomic E-state index is 12.7. The minimum atomic E-state index is -1.37. The Hall–Kier alpha value is -4.19. The predicted octanol–water partition coefficient (Wildman–Crippen LogP) is 5.00. The highest BCUT2D eigenvalue weighted by Gasteiger charge is 2.29. The number of carboxylic acid groups (broad SMARTS) is 1. The van der Waals surface area contributed by atoms with Gasteiger partial charge in [-0.25, -0.2) is 4.79 Å². The predicted molar refractivity (Wildman–Crippen MR) is 134 cm³/mol. The molecule has 0 bridgehead atoms. The average molecular weight is 457 g/mol. The molecule has 6 heteroatoms. The Morgan fingerprint density at radius 1 is 0.971 bits per heavy atom. The molecule has 0 unspecified atom stereocenters. The molecule has 34 heavy (non-hydrogen) atoms. The van der Waals surface area contributed by atoms with Gasteiger partial charge in [-0.05, 0) is 62.2 Å². The van der Waals surface area contributed by atoms with Gasteiger partial charge >= 0.3 is 5.97 Å². The molecular formula is C28H28N2O4. The van der Waals surface area contributed by atoms with Crippen LogP contribution < -0.4 is 5.32 Å². The molecule has 0 atom stereocenters. The Kier molecular flexibility index (Phi) is 7.64. The molecule has 0 radical (unpaired) electrons. The van der Waals surface area contributed by atoms with E-state index in [0.29, 0.717) is 17.8 Å². The maximum absolute atomic E-state index is 12.7. The van der Waals surface area contributed by atoms with Crippen LogP contribution in [0, 0.1) is 6.92 Å². The minimum Gasteiger partial charge on any atom is -0.480 e. The van der Waals surface area contributed by atoms with E-state index in [2.05, 4.69) is 5.32 Å². The van der Waals surface area contributed by atoms with Gasteiger partial charge in [-0.1, -0.05) is 60.2 Å². The third-order valence-electron chi connectivity index (χ3n) is 5.31. The zero-order valence-corrected chi connectivity index (χ0v) is 19.5. The summed E-state index contributed by atoms with van der Waals surface area (Å²) < 4.78 is 1.85. The molecule has 0 aliphatic heterocycles. The number of hydrogen-bond acceptors (Lipinski definition) is 3. The van der Waals surface area contributed by atoms with Crippen molar-refractivity contribution in [1.29, 1.82) is 0 Å². The van der Waals surface area contributed by atoms with Gasteiger partial charge < -0.3 is 15.0 Å². The molecule has 0 saturated heterocycles. The first-order valence-corrected chi connectivity index (χ1v) is 10.9. The summed E-state index contributed by atoms with van der Waals surface area (Å²) in [5.41, 5.74) is 2.51. The van der Waals surface area contributed by atoms with Crippen molar-refractivity contribution in [3.05, 3.63) is 107 Å². The molecule has 0 aliphatic carbocycles. The second-order valence-electron chi connectivity index (χ2n) is 8.57. The molecule has 0 fully saturated rings. The van der Waals surface area contributed by atoms with Gasteiger partial charge in [0.25, 0.3) is 5.91 Å². The first kappa shape index (κ1) is 24.5. The van der Waals surface area contributed by atoms with Crippen molar-refractivity contribution in [2.45, 2.75) is 32.9 Å². The number of nitrogens with one attached hydrogen (secondary N) is 1. The first-order chi connectivity index (χ1) is 16.2. The van der Waals surface area contributed by atoms with Gasteiger partial charge in [0.1, 0.15) is 5.54 Å². The zero-order valence-electron chi connectivity index (χ0n) is 19.5. The summed E-state index contributed by atoms with van der Waals surface area (Å²) in [4.78, 5) is 36.3. The lowest BCUT2D eigenvalue weighted by Crippen LogP contribution is -2.49. The molecule has 3 rings (SSSR count). The van der Waals surface area contributed by atoms with Gasteiger partial charge in [0.05, 0.1) is 5.69 Å². The number of nitrogens with zero attached hydrogens (tertiary/aromatic N) is 1. The normalized spacial score (nSPS) is 11.7. The van der Waals surface area contributed by atoms with Crippen molar-refractivity contribution >= 4 is 29.8 Å². The van der Waals surface area contributed by atoms with E-state index >= 15 is 0 Å². The molecule has 1 aromatic heterocycles. The van der Waals surface area contributed by atoms with E-state index in [1.54, 1.807) is 36.4 Å². The molecule has 2 N–H and O–H groups in total. The number of aliphatic carboxylic acids is 1. The van der Waals surface area contributed by atoms with Crippen molar-refractivity contribution in [3.8, 4) is 0 Å². The van der Waals surface area contributed by atoms with E-state index in [1.807, 2.05) is 66.2 Å². The second kappa shape index (κ2) is 10.6. The van der Waals surface area contributed by atoms with Gasteiger partial charge in [-0.2, -0.15) is 0 Å². The summed E-state index contributed by atoms with van der Waals surface area (Å²) in [6, 6.07) is 18.5. The lowest BCUT2D eigenvalue weighted by molar-refractivity contribution is -0.143. The molecule has 0 saturated carbocycles. The molecular weight excluding hydrogens is 428 g/mol. The molecule has 6 nitrogen and oxygen atoms in total. The minimum absolute atomic E-state index is 0.0845. The van der Waals surface area contributed by atoms with Gasteiger partial charge in [-0.3, -0.25) is 9.59 Å². The Balaban J connectivity index is 1.65. The van der Waals surface area contributed by atoms with Gasteiger partial charge in [0, 0.05) is 18.3 Å². The van der Waals surface area contributed by atoms with Crippen LogP contribution in [0.1, 0.15) is 51.4 Å². The average Bonchev–Trinajstić information content (AvgIpc) is 3.27. The fraction of sp³-hybridized carbons (Fsp3) is 0.179. The van der Waals surface area contributed by atoms with Crippen LogP contribution in [0.5, 0.6) is 0 Å². The van der Waals surface area contributed by atoms with Crippen molar-refractivity contribution in [2.24, 2.45) is 0 Å². The topological polar surface area (TPSA) is 88.4 Å². The number of rotatable bonds is 9. The summed E-state index contributed by atoms with van der Waals surface area (Å²) >= 11 is 0. The Labute approximate surface area is 199 Å². The number of carboxylic acids is 1. The summed E-state index contributed by atoms with van der Waals surface area (Å²) in [5, 5.41) is 11.7. The summed E-state index contributed by atoms with van der Waals surface area (Å²) in [6.07, 6.45) is 8.97. The number of hydrogen-bond donors (Lipinski definition) is 2. The van der Waals surface area contributed by atoms with Gasteiger partial charge in [0.2, 0.25) is 5.78 Å². The lowest BCUT2D eigenvalue weighted by atomic mass is 10.0. The maximum Gasteiger partial charge on any atom is 0.328 e. The SMILES string of the molecule is Cc1ccc(/C=C/C(=O)c2cccn2C/C=C/c2cccc(C(=O)NC(C)(C)C(=O)O)c2)cc1. The number of aryl methyl sites for hydroxylation is 1. The monoisotopic (exact) mass is 456 g/mol. The molecule has 1 heterocycles. The van der Waals surface area contributed by atoms with Crippen molar-refractivity contribution in [3.63, 3.8) is 0 Å². The van der Waals surface area contributed by atoms with Gasteiger partial charge in [0.15, 0.2) is 0 Å². The summed E-state index contributed by atoms with van der Waals surface area (Å²) in [5.74, 6) is -1.65. The summed E-state index contributed by atoms with van der Waals surface area (Å²) in [6.45, 7) is 5.37. The van der Waals surface area contributed by atoms with Crippen LogP contribution in [0.3, 0.4) is 0 Å². The number of ketones is 1. The quantitative estimate of drug-likeness (QED) is 0.350. The van der Waals surface area contributed by atoms with Gasteiger partial charge in [-0.15, -0.1) is 0 Å². The fourth-order valence-corrected chi connectivity index (χ4v) is 3.23. The van der Waals surface area contributed by atoms with Crippen LogP contribution in [0.2, 0.25) is 0 Å². The van der Waals surface area contributed by atoms with Crippen LogP contribution >= 0.6 is 0 Å².